The van der Waals surface area contributed by atoms with E-state index in [9.17, 15) is 19.4 Å². The summed E-state index contributed by atoms with van der Waals surface area (Å²) in [7, 11) is 1.62. The van der Waals surface area contributed by atoms with Crippen LogP contribution in [0.1, 0.15) is 290 Å². The highest BCUT2D eigenvalue weighted by atomic mass is 31.2. The number of unbranched alkanes of at least 4 members (excludes halogenated alkanes) is 32. The number of rotatable bonds is 59. The van der Waals surface area contributed by atoms with Crippen LogP contribution < -0.4 is 5.32 Å². The zero-order valence-corrected chi connectivity index (χ0v) is 52.1. The van der Waals surface area contributed by atoms with Gasteiger partial charge in [0.1, 0.15) is 13.2 Å². The minimum absolute atomic E-state index is 0.0738. The summed E-state index contributed by atoms with van der Waals surface area (Å²) in [6.07, 6.45) is 82.4. The number of hydrogen-bond donors (Lipinski definition) is 3. The van der Waals surface area contributed by atoms with Crippen LogP contribution in [0.5, 0.6) is 0 Å². The van der Waals surface area contributed by atoms with Gasteiger partial charge < -0.3 is 19.8 Å². The summed E-state index contributed by atoms with van der Waals surface area (Å²) in [5.74, 6) is -0.143. The molecule has 3 atom stereocenters. The number of aliphatic hydroxyl groups is 1. The number of carbonyl (C=O) groups excluding carboxylic acids is 1. The molecule has 0 fully saturated rings. The van der Waals surface area contributed by atoms with Crippen LogP contribution >= 0.6 is 7.82 Å². The SMILES string of the molecule is CC/C=C\C/C=C\C/C=C\C/C=C\C/C=C\C/C=C\C/C=C\CCCCCCCCCCCCCCCCCCCC(=O)NC(COP(=O)(O)OCC[N+](C)(C)C)C(O)CCCCCCCCCCCCCCCCCC. The Morgan fingerprint density at radius 1 is 0.455 bits per heavy atom. The molecule has 0 aromatic carbocycles. The molecule has 0 rings (SSSR count). The molecule has 3 unspecified atom stereocenters. The summed E-state index contributed by atoms with van der Waals surface area (Å²) < 4.78 is 23.8. The number of aliphatic hydroxyl groups excluding tert-OH is 1. The molecule has 0 saturated heterocycles. The molecule has 9 heteroatoms. The van der Waals surface area contributed by atoms with Gasteiger partial charge in [-0.25, -0.2) is 4.57 Å². The molecule has 0 aliphatic rings. The van der Waals surface area contributed by atoms with Gasteiger partial charge in [-0.3, -0.25) is 13.8 Å². The van der Waals surface area contributed by atoms with E-state index in [4.69, 9.17) is 9.05 Å². The molecule has 0 spiro atoms. The molecule has 0 aliphatic heterocycles. The molecular weight excluding hydrogens is 972 g/mol. The highest BCUT2D eigenvalue weighted by Gasteiger charge is 2.28. The molecule has 0 saturated carbocycles. The van der Waals surface area contributed by atoms with Crippen LogP contribution in [0.25, 0.3) is 0 Å². The molecule has 0 heterocycles. The first-order valence-electron chi connectivity index (χ1n) is 32.5. The lowest BCUT2D eigenvalue weighted by molar-refractivity contribution is -0.870. The summed E-state index contributed by atoms with van der Waals surface area (Å²) in [6, 6.07) is -0.763. The van der Waals surface area contributed by atoms with Gasteiger partial charge in [0.2, 0.25) is 5.91 Å². The fourth-order valence-corrected chi connectivity index (χ4v) is 10.1. The van der Waals surface area contributed by atoms with Crippen molar-refractivity contribution in [2.75, 3.05) is 40.9 Å². The van der Waals surface area contributed by atoms with Crippen LogP contribution in [-0.4, -0.2) is 73.4 Å². The Bertz CT molecular complexity index is 1530. The Hall–Kier alpha value is -2.32. The lowest BCUT2D eigenvalue weighted by Crippen LogP contribution is -2.46. The zero-order valence-electron chi connectivity index (χ0n) is 51.2. The van der Waals surface area contributed by atoms with Crippen molar-refractivity contribution in [3.05, 3.63) is 85.1 Å². The molecule has 1 amide bonds. The first-order chi connectivity index (χ1) is 37.5. The topological polar surface area (TPSA) is 105 Å². The van der Waals surface area contributed by atoms with E-state index in [-0.39, 0.29) is 19.1 Å². The lowest BCUT2D eigenvalue weighted by atomic mass is 10.0. The van der Waals surface area contributed by atoms with Crippen LogP contribution in [0.2, 0.25) is 0 Å². The lowest BCUT2D eigenvalue weighted by Gasteiger charge is -2.26. The van der Waals surface area contributed by atoms with Crippen LogP contribution in [-0.2, 0) is 18.4 Å². The van der Waals surface area contributed by atoms with Crippen molar-refractivity contribution in [1.29, 1.82) is 0 Å². The Morgan fingerprint density at radius 2 is 0.779 bits per heavy atom. The highest BCUT2D eigenvalue weighted by Crippen LogP contribution is 2.43. The molecule has 448 valence electrons. The smallest absolute Gasteiger partial charge is 0.391 e. The zero-order chi connectivity index (χ0) is 56.3. The average Bonchev–Trinajstić information content (AvgIpc) is 3.39. The van der Waals surface area contributed by atoms with E-state index in [2.05, 4.69) is 104 Å². The van der Waals surface area contributed by atoms with Gasteiger partial charge in [0.05, 0.1) is 39.9 Å². The molecule has 0 aromatic rings. The summed E-state index contributed by atoms with van der Waals surface area (Å²) >= 11 is 0. The second-order valence-corrected chi connectivity index (χ2v) is 24.6. The van der Waals surface area contributed by atoms with E-state index >= 15 is 0 Å². The van der Waals surface area contributed by atoms with E-state index in [1.807, 2.05) is 21.1 Å². The fourth-order valence-electron chi connectivity index (χ4n) is 9.38. The summed E-state index contributed by atoms with van der Waals surface area (Å²) in [5, 5.41) is 14.1. The molecule has 0 bridgehead atoms. The Kier molecular flexibility index (Phi) is 56.6. The van der Waals surface area contributed by atoms with E-state index < -0.39 is 20.0 Å². The van der Waals surface area contributed by atoms with Crippen molar-refractivity contribution in [1.82, 2.24) is 5.32 Å². The summed E-state index contributed by atoms with van der Waals surface area (Å²) in [4.78, 5) is 23.4. The van der Waals surface area contributed by atoms with Crippen LogP contribution in [0.3, 0.4) is 0 Å². The normalized spacial score (nSPS) is 14.3. The number of nitrogens with one attached hydrogen (secondary N) is 1. The maximum absolute atomic E-state index is 13.0. The van der Waals surface area contributed by atoms with Crippen molar-refractivity contribution in [3.8, 4) is 0 Å². The third kappa shape index (κ3) is 61.2. The number of quaternary nitrogens is 1. The van der Waals surface area contributed by atoms with Crippen molar-refractivity contribution in [2.45, 2.75) is 302 Å². The Morgan fingerprint density at radius 3 is 1.14 bits per heavy atom. The predicted octanol–water partition coefficient (Wildman–Crippen LogP) is 20.4. The first-order valence-corrected chi connectivity index (χ1v) is 33.9. The van der Waals surface area contributed by atoms with Gasteiger partial charge in [0, 0.05) is 6.42 Å². The number of allylic oxidation sites excluding steroid dienone is 14. The van der Waals surface area contributed by atoms with Crippen molar-refractivity contribution < 1.29 is 32.9 Å². The molecule has 0 aliphatic carbocycles. The number of carbonyl (C=O) groups is 1. The van der Waals surface area contributed by atoms with E-state index in [0.29, 0.717) is 23.9 Å². The number of phosphoric acid groups is 1. The summed E-state index contributed by atoms with van der Waals surface area (Å²) in [6.45, 7) is 4.80. The number of hydrogen-bond acceptors (Lipinski definition) is 5. The van der Waals surface area contributed by atoms with Crippen molar-refractivity contribution in [2.24, 2.45) is 0 Å². The third-order valence-electron chi connectivity index (χ3n) is 14.4. The van der Waals surface area contributed by atoms with Gasteiger partial charge in [-0.2, -0.15) is 0 Å². The number of likely N-dealkylation sites (N-methyl/N-ethyl adjacent to an activating group) is 1. The van der Waals surface area contributed by atoms with Crippen LogP contribution in [0.15, 0.2) is 85.1 Å². The van der Waals surface area contributed by atoms with Gasteiger partial charge >= 0.3 is 7.82 Å². The van der Waals surface area contributed by atoms with Gasteiger partial charge in [-0.15, -0.1) is 0 Å². The van der Waals surface area contributed by atoms with Crippen LogP contribution in [0.4, 0.5) is 0 Å². The minimum atomic E-state index is -4.33. The van der Waals surface area contributed by atoms with E-state index in [1.165, 1.54) is 180 Å². The van der Waals surface area contributed by atoms with Crippen LogP contribution in [0, 0.1) is 0 Å². The van der Waals surface area contributed by atoms with Gasteiger partial charge in [-0.1, -0.05) is 298 Å². The maximum Gasteiger partial charge on any atom is 0.472 e. The largest absolute Gasteiger partial charge is 0.472 e. The fraction of sp³-hybridized carbons (Fsp3) is 0.779. The van der Waals surface area contributed by atoms with Crippen molar-refractivity contribution >= 4 is 13.7 Å². The number of nitrogens with zero attached hydrogens (tertiary/aromatic N) is 1. The Balaban J connectivity index is 3.97. The second-order valence-electron chi connectivity index (χ2n) is 23.1. The predicted molar refractivity (Wildman–Crippen MR) is 336 cm³/mol. The average molecular weight is 1100 g/mol. The standard InChI is InChI=1S/C68H125N2O6P/c1-6-8-10-12-14-16-18-20-22-24-25-26-27-28-29-30-31-32-33-34-35-36-37-38-39-40-41-42-43-44-45-46-48-50-52-54-56-58-60-62-68(72)69-66(65-76-77(73,74)75-64-63-70(3,4)5)67(71)61-59-57-55-53-51-49-47-23-21-19-17-15-13-11-9-7-2/h8,10,14,16,20,22,25-26,28-29,31-32,34-35,66-67,71H,6-7,9,11-13,15,17-19,21,23-24,27,30,33,36-65H2,1-5H3,(H-,69,72,73,74)/p+1/b10-8-,16-14-,22-20-,26-25-,29-28-,32-31-,35-34-. The van der Waals surface area contributed by atoms with Crippen molar-refractivity contribution in [3.63, 3.8) is 0 Å². The quantitative estimate of drug-likeness (QED) is 0.0243. The Labute approximate surface area is 477 Å². The maximum atomic E-state index is 13.0. The molecular formula is C68H126N2O6P+. The van der Waals surface area contributed by atoms with E-state index in [0.717, 1.165) is 83.5 Å². The highest BCUT2D eigenvalue weighted by molar-refractivity contribution is 7.47. The molecule has 0 radical (unpaired) electrons. The third-order valence-corrected chi connectivity index (χ3v) is 15.4. The molecule has 77 heavy (non-hydrogen) atoms. The molecule has 8 nitrogen and oxygen atoms in total. The van der Waals surface area contributed by atoms with Gasteiger partial charge in [0.15, 0.2) is 0 Å². The molecule has 3 N–H and O–H groups in total. The van der Waals surface area contributed by atoms with Gasteiger partial charge in [-0.05, 0) is 70.6 Å². The van der Waals surface area contributed by atoms with E-state index in [1.54, 1.807) is 0 Å². The first kappa shape index (κ1) is 74.7. The summed E-state index contributed by atoms with van der Waals surface area (Å²) in [5.41, 5.74) is 0. The van der Waals surface area contributed by atoms with Gasteiger partial charge in [0.25, 0.3) is 0 Å². The number of amides is 1. The number of phosphoric ester groups is 1. The second kappa shape index (κ2) is 58.3. The minimum Gasteiger partial charge on any atom is -0.391 e. The monoisotopic (exact) mass is 1100 g/mol. The molecule has 0 aromatic heterocycles.